The van der Waals surface area contributed by atoms with E-state index in [1.807, 2.05) is 0 Å². The van der Waals surface area contributed by atoms with Gasteiger partial charge >= 0.3 is 5.97 Å². The quantitative estimate of drug-likeness (QED) is 0.296. The summed E-state index contributed by atoms with van der Waals surface area (Å²) in [6.07, 6.45) is 1.34. The number of aromatic nitrogens is 2. The highest BCUT2D eigenvalue weighted by Crippen LogP contribution is 2.24. The minimum atomic E-state index is -0.531. The first-order valence-corrected chi connectivity index (χ1v) is 11.1. The van der Waals surface area contributed by atoms with Gasteiger partial charge in [0.2, 0.25) is 0 Å². The van der Waals surface area contributed by atoms with Crippen LogP contribution in [0.1, 0.15) is 25.6 Å². The monoisotopic (exact) mass is 466 g/mol. The summed E-state index contributed by atoms with van der Waals surface area (Å²) in [5, 5.41) is 11.4. The highest BCUT2D eigenvalue weighted by Gasteiger charge is 2.27. The Morgan fingerprint density at radius 1 is 1.21 bits per heavy atom. The third-order valence-corrected chi connectivity index (χ3v) is 6.02. The molecule has 10 nitrogen and oxygen atoms in total. The van der Waals surface area contributed by atoms with Crippen molar-refractivity contribution in [2.24, 2.45) is 5.92 Å². The van der Waals surface area contributed by atoms with Gasteiger partial charge in [0.25, 0.3) is 11.2 Å². The van der Waals surface area contributed by atoms with Crippen LogP contribution in [0, 0.1) is 16.0 Å². The molecule has 34 heavy (non-hydrogen) atoms. The molecular formula is C24H26N4O6. The van der Waals surface area contributed by atoms with E-state index in [2.05, 4.69) is 4.90 Å². The van der Waals surface area contributed by atoms with Gasteiger partial charge in [-0.15, -0.1) is 0 Å². The molecule has 0 amide bonds. The van der Waals surface area contributed by atoms with E-state index in [0.717, 1.165) is 0 Å². The van der Waals surface area contributed by atoms with E-state index in [-0.39, 0.29) is 23.0 Å². The van der Waals surface area contributed by atoms with Crippen molar-refractivity contribution >= 4 is 22.6 Å². The number of esters is 1. The number of carbonyl (C=O) groups is 1. The van der Waals surface area contributed by atoms with E-state index < -0.39 is 10.5 Å². The molecule has 0 unspecified atom stereocenters. The fraction of sp³-hybridized carbons (Fsp3) is 0.375. The number of carbonyl (C=O) groups excluding carboxylic acids is 1. The first kappa shape index (κ1) is 23.4. The molecule has 178 valence electrons. The molecule has 0 atom stereocenters. The molecule has 4 rings (SSSR count). The van der Waals surface area contributed by atoms with Crippen LogP contribution in [0.15, 0.2) is 47.3 Å². The van der Waals surface area contributed by atoms with Gasteiger partial charge in [-0.1, -0.05) is 6.07 Å². The predicted octanol–water partition coefficient (Wildman–Crippen LogP) is 3.08. The molecule has 1 saturated heterocycles. The van der Waals surface area contributed by atoms with Crippen molar-refractivity contribution in [3.8, 4) is 11.4 Å². The van der Waals surface area contributed by atoms with Crippen molar-refractivity contribution in [2.45, 2.75) is 26.3 Å². The molecule has 2 heterocycles. The normalized spacial score (nSPS) is 14.8. The van der Waals surface area contributed by atoms with Crippen molar-refractivity contribution in [3.05, 3.63) is 68.8 Å². The zero-order valence-electron chi connectivity index (χ0n) is 19.1. The molecule has 2 aromatic carbocycles. The van der Waals surface area contributed by atoms with Crippen LogP contribution in [0.3, 0.4) is 0 Å². The molecule has 0 N–H and O–H groups in total. The van der Waals surface area contributed by atoms with Crippen LogP contribution in [0.25, 0.3) is 16.6 Å². The van der Waals surface area contributed by atoms with Crippen molar-refractivity contribution in [3.63, 3.8) is 0 Å². The molecule has 0 aliphatic carbocycles. The van der Waals surface area contributed by atoms with Gasteiger partial charge in [-0.05, 0) is 51.1 Å². The minimum Gasteiger partial charge on any atom is -0.497 e. The Labute approximate surface area is 195 Å². The van der Waals surface area contributed by atoms with E-state index in [1.54, 1.807) is 38.3 Å². The molecule has 0 radical (unpaired) electrons. The number of hydrogen-bond donors (Lipinski definition) is 0. The molecule has 0 saturated carbocycles. The molecule has 1 aliphatic rings. The Morgan fingerprint density at radius 2 is 1.97 bits per heavy atom. The van der Waals surface area contributed by atoms with E-state index in [4.69, 9.17) is 14.5 Å². The topological polar surface area (TPSA) is 117 Å². The van der Waals surface area contributed by atoms with Gasteiger partial charge in [0.1, 0.15) is 11.6 Å². The molecule has 0 spiro atoms. The van der Waals surface area contributed by atoms with Crippen LogP contribution < -0.4 is 10.3 Å². The summed E-state index contributed by atoms with van der Waals surface area (Å²) in [5.74, 6) is 0.793. The fourth-order valence-electron chi connectivity index (χ4n) is 4.24. The number of piperidine rings is 1. The highest BCUT2D eigenvalue weighted by atomic mass is 16.6. The lowest BCUT2D eigenvalue weighted by atomic mass is 9.97. The largest absolute Gasteiger partial charge is 0.497 e. The molecule has 10 heteroatoms. The number of hydrogen-bond acceptors (Lipinski definition) is 8. The van der Waals surface area contributed by atoms with E-state index in [0.29, 0.717) is 61.9 Å². The van der Waals surface area contributed by atoms with Crippen LogP contribution in [0.4, 0.5) is 5.69 Å². The molecular weight excluding hydrogens is 440 g/mol. The zero-order valence-corrected chi connectivity index (χ0v) is 19.1. The summed E-state index contributed by atoms with van der Waals surface area (Å²) in [4.78, 5) is 43.2. The number of benzene rings is 2. The maximum Gasteiger partial charge on any atom is 0.309 e. The SMILES string of the molecule is CCOC(=O)C1CCN(Cc2nc3ccc([N+](=O)[O-])cc3c(=O)n2-c2cccc(OC)c2)CC1. The number of fused-ring (bicyclic) bond motifs is 1. The molecule has 1 aromatic heterocycles. The average molecular weight is 466 g/mol. The van der Waals surface area contributed by atoms with Gasteiger partial charge in [-0.3, -0.25) is 29.2 Å². The van der Waals surface area contributed by atoms with Crippen molar-refractivity contribution in [2.75, 3.05) is 26.8 Å². The Morgan fingerprint density at radius 3 is 2.65 bits per heavy atom. The van der Waals surface area contributed by atoms with Crippen molar-refractivity contribution < 1.29 is 19.2 Å². The molecule has 3 aromatic rings. The van der Waals surface area contributed by atoms with Crippen LogP contribution in [0.2, 0.25) is 0 Å². The Bertz CT molecular complexity index is 1280. The number of nitrogens with zero attached hydrogens (tertiary/aromatic N) is 4. The Kier molecular flexibility index (Phi) is 6.87. The third kappa shape index (κ3) is 4.76. The number of methoxy groups -OCH3 is 1. The minimum absolute atomic E-state index is 0.123. The standard InChI is InChI=1S/C24H26N4O6/c1-3-34-24(30)16-9-11-26(12-10-16)15-22-25-21-8-7-18(28(31)32)14-20(21)23(29)27(22)17-5-4-6-19(13-17)33-2/h4-8,13-14,16H,3,9-12,15H2,1-2H3. The average Bonchev–Trinajstić information content (AvgIpc) is 2.84. The summed E-state index contributed by atoms with van der Waals surface area (Å²) in [7, 11) is 1.54. The molecule has 1 aliphatic heterocycles. The van der Waals surface area contributed by atoms with Crippen molar-refractivity contribution in [1.82, 2.24) is 14.5 Å². The number of likely N-dealkylation sites (tertiary alicyclic amines) is 1. The van der Waals surface area contributed by atoms with Crippen molar-refractivity contribution in [1.29, 1.82) is 0 Å². The summed E-state index contributed by atoms with van der Waals surface area (Å²) < 4.78 is 11.9. The Balaban J connectivity index is 1.73. The maximum absolute atomic E-state index is 13.6. The Hall–Kier alpha value is -3.79. The van der Waals surface area contributed by atoms with Crippen LogP contribution in [-0.4, -0.2) is 52.1 Å². The second-order valence-electron chi connectivity index (χ2n) is 8.13. The number of rotatable bonds is 7. The number of nitro groups is 1. The highest BCUT2D eigenvalue weighted by molar-refractivity contribution is 5.80. The molecule has 0 bridgehead atoms. The lowest BCUT2D eigenvalue weighted by molar-refractivity contribution is -0.384. The van der Waals surface area contributed by atoms with E-state index in [1.165, 1.54) is 22.8 Å². The summed E-state index contributed by atoms with van der Waals surface area (Å²) in [6.45, 7) is 3.87. The van der Waals surface area contributed by atoms with E-state index >= 15 is 0 Å². The van der Waals surface area contributed by atoms with Gasteiger partial charge in [0, 0.05) is 18.2 Å². The van der Waals surface area contributed by atoms with Gasteiger partial charge in [-0.25, -0.2) is 4.98 Å². The molecule has 1 fully saturated rings. The van der Waals surface area contributed by atoms with Gasteiger partial charge in [-0.2, -0.15) is 0 Å². The number of non-ortho nitro benzene ring substituents is 1. The lowest BCUT2D eigenvalue weighted by Gasteiger charge is -2.31. The maximum atomic E-state index is 13.6. The first-order valence-electron chi connectivity index (χ1n) is 11.1. The van der Waals surface area contributed by atoms with Crippen LogP contribution >= 0.6 is 0 Å². The zero-order chi connectivity index (χ0) is 24.2. The lowest BCUT2D eigenvalue weighted by Crippen LogP contribution is -2.38. The second kappa shape index (κ2) is 10.0. The smallest absolute Gasteiger partial charge is 0.309 e. The van der Waals surface area contributed by atoms with Gasteiger partial charge in [0.05, 0.1) is 47.7 Å². The first-order chi connectivity index (χ1) is 16.4. The number of nitro benzene ring substituents is 1. The summed E-state index contributed by atoms with van der Waals surface area (Å²) in [5.41, 5.74) is 0.392. The fourth-order valence-corrected chi connectivity index (χ4v) is 4.24. The van der Waals surface area contributed by atoms with E-state index in [9.17, 15) is 19.7 Å². The van der Waals surface area contributed by atoms with Gasteiger partial charge in [0.15, 0.2) is 0 Å². The predicted molar refractivity (Wildman–Crippen MR) is 125 cm³/mol. The van der Waals surface area contributed by atoms with Crippen LogP contribution in [0.5, 0.6) is 5.75 Å². The number of ether oxygens (including phenoxy) is 2. The van der Waals surface area contributed by atoms with Crippen LogP contribution in [-0.2, 0) is 16.1 Å². The second-order valence-corrected chi connectivity index (χ2v) is 8.13. The van der Waals surface area contributed by atoms with Gasteiger partial charge < -0.3 is 9.47 Å². The third-order valence-electron chi connectivity index (χ3n) is 6.02. The summed E-state index contributed by atoms with van der Waals surface area (Å²) in [6, 6.07) is 11.1. The summed E-state index contributed by atoms with van der Waals surface area (Å²) >= 11 is 0.